The molecule has 132 valence electrons. The Bertz CT molecular complexity index is 842. The normalized spacial score (nSPS) is 16.7. The molecule has 2 aromatic heterocycles. The molecule has 5 nitrogen and oxygen atoms in total. The molecule has 1 aliphatic rings. The smallest absolute Gasteiger partial charge is 0.198 e. The Hall–Kier alpha value is -2.14. The van der Waals surface area contributed by atoms with Gasteiger partial charge >= 0.3 is 0 Å². The maximum atomic E-state index is 6.08. The molecule has 0 N–H and O–H groups in total. The molecule has 0 unspecified atom stereocenters. The Labute approximate surface area is 148 Å². The van der Waals surface area contributed by atoms with Crippen LogP contribution in [0.1, 0.15) is 42.7 Å². The summed E-state index contributed by atoms with van der Waals surface area (Å²) >= 11 is 0. The maximum absolute atomic E-state index is 6.08. The molecule has 5 heteroatoms. The van der Waals surface area contributed by atoms with Gasteiger partial charge in [-0.3, -0.25) is 4.68 Å². The summed E-state index contributed by atoms with van der Waals surface area (Å²) in [6.45, 7) is 8.48. The zero-order valence-corrected chi connectivity index (χ0v) is 15.1. The topological polar surface area (TPSA) is 47.1 Å². The van der Waals surface area contributed by atoms with Crippen LogP contribution in [0.4, 0.5) is 0 Å². The maximum Gasteiger partial charge on any atom is 0.198 e. The van der Waals surface area contributed by atoms with Crippen LogP contribution in [-0.2, 0) is 13.0 Å². The number of aryl methyl sites for hydroxylation is 2. The summed E-state index contributed by atoms with van der Waals surface area (Å²) in [5.41, 5.74) is 4.44. The van der Waals surface area contributed by atoms with E-state index in [1.54, 1.807) is 0 Å². The van der Waals surface area contributed by atoms with Crippen LogP contribution in [0.15, 0.2) is 35.0 Å². The van der Waals surface area contributed by atoms with Gasteiger partial charge in [0.05, 0.1) is 6.20 Å². The second-order valence-electron chi connectivity index (χ2n) is 7.05. The molecule has 1 fully saturated rings. The molecule has 0 spiro atoms. The lowest BCUT2D eigenvalue weighted by Gasteiger charge is -2.30. The summed E-state index contributed by atoms with van der Waals surface area (Å²) in [5, 5.41) is 4.36. The lowest BCUT2D eigenvalue weighted by atomic mass is 9.96. The minimum absolute atomic E-state index is 0.450. The third-order valence-corrected chi connectivity index (χ3v) is 5.29. The number of likely N-dealkylation sites (tertiary alicyclic amines) is 1. The summed E-state index contributed by atoms with van der Waals surface area (Å²) in [6, 6.07) is 6.18. The van der Waals surface area contributed by atoms with E-state index in [1.807, 2.05) is 23.0 Å². The molecule has 0 bridgehead atoms. The Morgan fingerprint density at radius 2 is 2.08 bits per heavy atom. The van der Waals surface area contributed by atoms with Crippen molar-refractivity contribution in [2.75, 3.05) is 19.6 Å². The molecule has 0 aliphatic carbocycles. The number of benzene rings is 1. The van der Waals surface area contributed by atoms with E-state index in [4.69, 9.17) is 9.40 Å². The number of fused-ring (bicyclic) bond motifs is 1. The van der Waals surface area contributed by atoms with Crippen LogP contribution < -0.4 is 0 Å². The highest BCUT2D eigenvalue weighted by atomic mass is 16.3. The van der Waals surface area contributed by atoms with Gasteiger partial charge in [0.25, 0.3) is 0 Å². The average Bonchev–Trinajstić information content (AvgIpc) is 3.28. The number of piperidine rings is 1. The monoisotopic (exact) mass is 338 g/mol. The predicted octanol–water partition coefficient (Wildman–Crippen LogP) is 3.77. The van der Waals surface area contributed by atoms with Crippen molar-refractivity contribution in [2.45, 2.75) is 45.6 Å². The SMILES string of the molecule is CCn1cc(CCN2CCC(c3nc4cccc(C)c4o3)CC2)cn1. The van der Waals surface area contributed by atoms with Crippen LogP contribution in [-0.4, -0.2) is 39.3 Å². The molecule has 0 radical (unpaired) electrons. The van der Waals surface area contributed by atoms with Gasteiger partial charge in [-0.2, -0.15) is 5.10 Å². The number of oxazole rings is 1. The molecule has 1 saturated heterocycles. The molecule has 0 atom stereocenters. The first-order valence-electron chi connectivity index (χ1n) is 9.32. The first-order valence-corrected chi connectivity index (χ1v) is 9.32. The highest BCUT2D eigenvalue weighted by Gasteiger charge is 2.24. The first-order chi connectivity index (χ1) is 12.2. The number of nitrogens with zero attached hydrogens (tertiary/aromatic N) is 4. The van der Waals surface area contributed by atoms with Crippen molar-refractivity contribution in [3.8, 4) is 0 Å². The molecule has 4 rings (SSSR count). The molecule has 3 heterocycles. The van der Waals surface area contributed by atoms with Crippen molar-refractivity contribution in [1.82, 2.24) is 19.7 Å². The van der Waals surface area contributed by atoms with E-state index in [0.717, 1.165) is 62.4 Å². The van der Waals surface area contributed by atoms with Crippen LogP contribution in [0.5, 0.6) is 0 Å². The third kappa shape index (κ3) is 3.47. The summed E-state index contributed by atoms with van der Waals surface area (Å²) in [7, 11) is 0. The highest BCUT2D eigenvalue weighted by molar-refractivity contribution is 5.76. The Morgan fingerprint density at radius 3 is 2.80 bits per heavy atom. The Kier molecular flexibility index (Phi) is 4.57. The molecular formula is C20H26N4O. The van der Waals surface area contributed by atoms with E-state index >= 15 is 0 Å². The molecule has 1 aliphatic heterocycles. The van der Waals surface area contributed by atoms with E-state index in [9.17, 15) is 0 Å². The van der Waals surface area contributed by atoms with Gasteiger partial charge in [0, 0.05) is 25.2 Å². The number of aromatic nitrogens is 3. The number of hydrogen-bond donors (Lipinski definition) is 0. The standard InChI is InChI=1S/C20H26N4O/c1-3-24-14-16(13-21-24)7-10-23-11-8-17(9-12-23)20-22-18-6-4-5-15(2)19(18)25-20/h4-6,13-14,17H,3,7-12H2,1-2H3. The molecule has 25 heavy (non-hydrogen) atoms. The van der Waals surface area contributed by atoms with Gasteiger partial charge < -0.3 is 9.32 Å². The van der Waals surface area contributed by atoms with Crippen molar-refractivity contribution in [1.29, 1.82) is 0 Å². The lowest BCUT2D eigenvalue weighted by molar-refractivity contribution is 0.203. The second-order valence-corrected chi connectivity index (χ2v) is 7.05. The fraction of sp³-hybridized carbons (Fsp3) is 0.500. The van der Waals surface area contributed by atoms with Crippen molar-refractivity contribution in [2.24, 2.45) is 0 Å². The molecule has 3 aromatic rings. The van der Waals surface area contributed by atoms with Crippen LogP contribution in [0, 0.1) is 6.92 Å². The summed E-state index contributed by atoms with van der Waals surface area (Å²) in [5.74, 6) is 1.37. The number of hydrogen-bond acceptors (Lipinski definition) is 4. The van der Waals surface area contributed by atoms with Gasteiger partial charge in [-0.1, -0.05) is 12.1 Å². The highest BCUT2D eigenvalue weighted by Crippen LogP contribution is 2.30. The fourth-order valence-electron chi connectivity index (χ4n) is 3.68. The minimum Gasteiger partial charge on any atom is -0.440 e. The Balaban J connectivity index is 1.33. The first kappa shape index (κ1) is 16.3. The van der Waals surface area contributed by atoms with E-state index in [-0.39, 0.29) is 0 Å². The van der Waals surface area contributed by atoms with Crippen molar-refractivity contribution in [3.63, 3.8) is 0 Å². The quantitative estimate of drug-likeness (QED) is 0.710. The number of para-hydroxylation sites is 1. The molecule has 0 saturated carbocycles. The van der Waals surface area contributed by atoms with E-state index < -0.39 is 0 Å². The van der Waals surface area contributed by atoms with Gasteiger partial charge in [0.1, 0.15) is 5.52 Å². The average molecular weight is 338 g/mol. The van der Waals surface area contributed by atoms with Gasteiger partial charge in [-0.05, 0) is 63.4 Å². The predicted molar refractivity (Wildman–Crippen MR) is 98.8 cm³/mol. The summed E-state index contributed by atoms with van der Waals surface area (Å²) < 4.78 is 8.07. The van der Waals surface area contributed by atoms with Gasteiger partial charge in [0.15, 0.2) is 11.5 Å². The number of rotatable bonds is 5. The van der Waals surface area contributed by atoms with Crippen molar-refractivity contribution >= 4 is 11.1 Å². The molecule has 0 amide bonds. The van der Waals surface area contributed by atoms with Gasteiger partial charge in [-0.15, -0.1) is 0 Å². The third-order valence-electron chi connectivity index (χ3n) is 5.29. The lowest BCUT2D eigenvalue weighted by Crippen LogP contribution is -2.34. The summed E-state index contributed by atoms with van der Waals surface area (Å²) in [6.07, 6.45) is 7.48. The van der Waals surface area contributed by atoms with Crippen LogP contribution in [0.2, 0.25) is 0 Å². The van der Waals surface area contributed by atoms with E-state index in [1.165, 1.54) is 11.1 Å². The van der Waals surface area contributed by atoms with Crippen molar-refractivity contribution in [3.05, 3.63) is 47.6 Å². The minimum atomic E-state index is 0.450. The zero-order chi connectivity index (χ0) is 17.2. The van der Waals surface area contributed by atoms with Crippen molar-refractivity contribution < 1.29 is 4.42 Å². The van der Waals surface area contributed by atoms with Gasteiger partial charge in [-0.25, -0.2) is 4.98 Å². The van der Waals surface area contributed by atoms with Crippen LogP contribution in [0.3, 0.4) is 0 Å². The van der Waals surface area contributed by atoms with E-state index in [0.29, 0.717) is 5.92 Å². The van der Waals surface area contributed by atoms with Crippen LogP contribution >= 0.6 is 0 Å². The Morgan fingerprint density at radius 1 is 1.24 bits per heavy atom. The fourth-order valence-corrected chi connectivity index (χ4v) is 3.68. The van der Waals surface area contributed by atoms with Gasteiger partial charge in [0.2, 0.25) is 0 Å². The summed E-state index contributed by atoms with van der Waals surface area (Å²) in [4.78, 5) is 7.28. The molecule has 1 aromatic carbocycles. The van der Waals surface area contributed by atoms with E-state index in [2.05, 4.69) is 36.1 Å². The van der Waals surface area contributed by atoms with Crippen LogP contribution in [0.25, 0.3) is 11.1 Å². The zero-order valence-electron chi connectivity index (χ0n) is 15.1. The molecular weight excluding hydrogens is 312 g/mol. The largest absolute Gasteiger partial charge is 0.440 e. The second kappa shape index (κ2) is 7.00.